The molecule has 3 aromatic rings. The van der Waals surface area contributed by atoms with Gasteiger partial charge in [0.25, 0.3) is 5.91 Å². The number of aromatic nitrogens is 5. The molecule has 0 bridgehead atoms. The molecular weight excluding hydrogens is 382 g/mol. The summed E-state index contributed by atoms with van der Waals surface area (Å²) in [7, 11) is 1.85. The lowest BCUT2D eigenvalue weighted by Gasteiger charge is -2.35. The number of pyridine rings is 1. The summed E-state index contributed by atoms with van der Waals surface area (Å²) >= 11 is 0. The van der Waals surface area contributed by atoms with Crippen LogP contribution in [0.15, 0.2) is 12.1 Å². The van der Waals surface area contributed by atoms with Gasteiger partial charge in [0, 0.05) is 50.7 Å². The maximum atomic E-state index is 13.4. The van der Waals surface area contributed by atoms with Gasteiger partial charge in [-0.25, -0.2) is 9.97 Å². The topological polar surface area (TPSA) is 89.3 Å². The Hall–Kier alpha value is -3.23. The maximum absolute atomic E-state index is 13.4. The van der Waals surface area contributed by atoms with Gasteiger partial charge in [-0.15, -0.1) is 0 Å². The molecule has 4 rings (SSSR count). The van der Waals surface area contributed by atoms with Crippen molar-refractivity contribution in [3.05, 3.63) is 34.8 Å². The highest BCUT2D eigenvalue weighted by Crippen LogP contribution is 2.24. The molecule has 0 unspecified atom stereocenters. The third-order valence-corrected chi connectivity index (χ3v) is 5.29. The molecule has 0 saturated carbocycles. The lowest BCUT2D eigenvalue weighted by atomic mass is 10.1. The second kappa shape index (κ2) is 7.89. The number of piperazine rings is 1. The van der Waals surface area contributed by atoms with Crippen molar-refractivity contribution in [3.8, 4) is 5.88 Å². The van der Waals surface area contributed by atoms with Crippen LogP contribution < -0.4 is 9.64 Å². The molecule has 1 fully saturated rings. The summed E-state index contributed by atoms with van der Waals surface area (Å²) in [6.45, 7) is 10.8. The Morgan fingerprint density at radius 1 is 1.03 bits per heavy atom. The van der Waals surface area contributed by atoms with E-state index >= 15 is 0 Å². The zero-order chi connectivity index (χ0) is 21.4. The van der Waals surface area contributed by atoms with Gasteiger partial charge in [-0.1, -0.05) is 0 Å². The largest absolute Gasteiger partial charge is 0.478 e. The average Bonchev–Trinajstić information content (AvgIpc) is 3.00. The fourth-order valence-electron chi connectivity index (χ4n) is 3.91. The highest BCUT2D eigenvalue weighted by molar-refractivity contribution is 6.06. The van der Waals surface area contributed by atoms with Gasteiger partial charge in [-0.3, -0.25) is 9.48 Å². The van der Waals surface area contributed by atoms with Crippen LogP contribution in [0, 0.1) is 20.8 Å². The van der Waals surface area contributed by atoms with Gasteiger partial charge < -0.3 is 14.5 Å². The van der Waals surface area contributed by atoms with Crippen molar-refractivity contribution in [1.29, 1.82) is 0 Å². The number of amides is 1. The number of fused-ring (bicyclic) bond motifs is 1. The number of rotatable bonds is 4. The van der Waals surface area contributed by atoms with Gasteiger partial charge in [-0.2, -0.15) is 10.1 Å². The van der Waals surface area contributed by atoms with E-state index in [9.17, 15) is 4.79 Å². The zero-order valence-corrected chi connectivity index (χ0v) is 18.1. The summed E-state index contributed by atoms with van der Waals surface area (Å²) in [5, 5.41) is 5.28. The Labute approximate surface area is 175 Å². The first-order valence-corrected chi connectivity index (χ1v) is 10.2. The Morgan fingerprint density at radius 3 is 2.43 bits per heavy atom. The molecule has 0 aliphatic carbocycles. The van der Waals surface area contributed by atoms with Crippen molar-refractivity contribution < 1.29 is 9.53 Å². The standard InChI is InChI=1S/C21H27N7O2/c1-6-30-17-12-14(3)23-21(24-17)28-9-7-27(8-10-28)20(29)16-11-13(2)22-19-18(16)15(4)25-26(19)5/h11-12H,6-10H2,1-5H3. The number of carbonyl (C=O) groups excluding carboxylic acids is 1. The van der Waals surface area contributed by atoms with E-state index < -0.39 is 0 Å². The molecule has 1 saturated heterocycles. The smallest absolute Gasteiger partial charge is 0.254 e. The fraction of sp³-hybridized carbons (Fsp3) is 0.476. The van der Waals surface area contributed by atoms with E-state index in [1.807, 2.05) is 51.8 Å². The van der Waals surface area contributed by atoms with Gasteiger partial charge in [0.05, 0.1) is 23.3 Å². The van der Waals surface area contributed by atoms with Crippen molar-refractivity contribution in [2.45, 2.75) is 27.7 Å². The monoisotopic (exact) mass is 409 g/mol. The minimum atomic E-state index is 0.0152. The molecule has 1 aliphatic heterocycles. The Kier molecular flexibility index (Phi) is 5.27. The number of aryl methyl sites for hydroxylation is 4. The predicted octanol–water partition coefficient (Wildman–Crippen LogP) is 2.04. The van der Waals surface area contributed by atoms with E-state index in [0.717, 1.165) is 28.1 Å². The van der Waals surface area contributed by atoms with Crippen LogP contribution in [0.5, 0.6) is 5.88 Å². The molecule has 9 heteroatoms. The summed E-state index contributed by atoms with van der Waals surface area (Å²) in [5.74, 6) is 1.25. The van der Waals surface area contributed by atoms with Crippen LogP contribution in [0.2, 0.25) is 0 Å². The molecule has 0 atom stereocenters. The SMILES string of the molecule is CCOc1cc(C)nc(N2CCN(C(=O)c3cc(C)nc4c3c(C)nn4C)CC2)n1. The number of ether oxygens (including phenoxy) is 1. The predicted molar refractivity (Wildman–Crippen MR) is 114 cm³/mol. The van der Waals surface area contributed by atoms with E-state index in [2.05, 4.69) is 25.0 Å². The van der Waals surface area contributed by atoms with Crippen molar-refractivity contribution in [1.82, 2.24) is 29.6 Å². The van der Waals surface area contributed by atoms with Crippen LogP contribution in [0.25, 0.3) is 11.0 Å². The molecule has 1 aliphatic rings. The first-order chi connectivity index (χ1) is 14.4. The molecule has 0 spiro atoms. The lowest BCUT2D eigenvalue weighted by molar-refractivity contribution is 0.0748. The van der Waals surface area contributed by atoms with Crippen LogP contribution in [0.4, 0.5) is 5.95 Å². The van der Waals surface area contributed by atoms with Crippen molar-refractivity contribution in [2.24, 2.45) is 7.05 Å². The summed E-state index contributed by atoms with van der Waals surface area (Å²) < 4.78 is 7.28. The van der Waals surface area contributed by atoms with E-state index in [0.29, 0.717) is 50.2 Å². The van der Waals surface area contributed by atoms with Gasteiger partial charge >= 0.3 is 0 Å². The van der Waals surface area contributed by atoms with Gasteiger partial charge in [0.2, 0.25) is 11.8 Å². The number of anilines is 1. The molecule has 1 amide bonds. The quantitative estimate of drug-likeness (QED) is 0.651. The fourth-order valence-corrected chi connectivity index (χ4v) is 3.91. The van der Waals surface area contributed by atoms with Gasteiger partial charge in [0.1, 0.15) is 0 Å². The summed E-state index contributed by atoms with van der Waals surface area (Å²) in [4.78, 5) is 31.0. The average molecular weight is 409 g/mol. The van der Waals surface area contributed by atoms with Crippen LogP contribution >= 0.6 is 0 Å². The van der Waals surface area contributed by atoms with Crippen molar-refractivity contribution >= 4 is 22.9 Å². The minimum absolute atomic E-state index is 0.0152. The first-order valence-electron chi connectivity index (χ1n) is 10.2. The second-order valence-electron chi connectivity index (χ2n) is 7.58. The number of hydrogen-bond acceptors (Lipinski definition) is 7. The normalized spacial score (nSPS) is 14.4. The van der Waals surface area contributed by atoms with Gasteiger partial charge in [-0.05, 0) is 33.8 Å². The highest BCUT2D eigenvalue weighted by Gasteiger charge is 2.27. The van der Waals surface area contributed by atoms with Crippen molar-refractivity contribution in [3.63, 3.8) is 0 Å². The van der Waals surface area contributed by atoms with E-state index in [1.165, 1.54) is 0 Å². The Balaban J connectivity index is 1.54. The molecule has 0 radical (unpaired) electrons. The number of hydrogen-bond donors (Lipinski definition) is 0. The molecule has 3 aromatic heterocycles. The molecular formula is C21H27N7O2. The van der Waals surface area contributed by atoms with E-state index in [1.54, 1.807) is 4.68 Å². The summed E-state index contributed by atoms with van der Waals surface area (Å²) in [6.07, 6.45) is 0. The summed E-state index contributed by atoms with van der Waals surface area (Å²) in [6, 6.07) is 3.70. The number of nitrogens with zero attached hydrogens (tertiary/aromatic N) is 7. The molecule has 9 nitrogen and oxygen atoms in total. The molecule has 4 heterocycles. The third-order valence-electron chi connectivity index (χ3n) is 5.29. The van der Waals surface area contributed by atoms with Crippen LogP contribution in [0.1, 0.15) is 34.4 Å². The Bertz CT molecular complexity index is 1100. The van der Waals surface area contributed by atoms with Crippen LogP contribution in [0.3, 0.4) is 0 Å². The minimum Gasteiger partial charge on any atom is -0.478 e. The first kappa shape index (κ1) is 20.1. The second-order valence-corrected chi connectivity index (χ2v) is 7.58. The molecule has 0 aromatic carbocycles. The number of carbonyl (C=O) groups is 1. The zero-order valence-electron chi connectivity index (χ0n) is 18.1. The van der Waals surface area contributed by atoms with E-state index in [-0.39, 0.29) is 5.91 Å². The summed E-state index contributed by atoms with van der Waals surface area (Å²) in [5.41, 5.74) is 3.90. The van der Waals surface area contributed by atoms with Gasteiger partial charge in [0.15, 0.2) is 5.65 Å². The van der Waals surface area contributed by atoms with Crippen LogP contribution in [-0.2, 0) is 7.05 Å². The molecule has 0 N–H and O–H groups in total. The van der Waals surface area contributed by atoms with Crippen LogP contribution in [-0.4, -0.2) is 68.3 Å². The van der Waals surface area contributed by atoms with E-state index in [4.69, 9.17) is 4.74 Å². The Morgan fingerprint density at radius 2 is 1.73 bits per heavy atom. The highest BCUT2D eigenvalue weighted by atomic mass is 16.5. The maximum Gasteiger partial charge on any atom is 0.254 e. The van der Waals surface area contributed by atoms with Crippen molar-refractivity contribution in [2.75, 3.05) is 37.7 Å². The third kappa shape index (κ3) is 3.67. The molecule has 158 valence electrons. The molecule has 30 heavy (non-hydrogen) atoms. The lowest BCUT2D eigenvalue weighted by Crippen LogP contribution is -2.49.